The summed E-state index contributed by atoms with van der Waals surface area (Å²) in [7, 11) is 1.88. The minimum atomic E-state index is 0.0275. The van der Waals surface area contributed by atoms with Gasteiger partial charge >= 0.3 is 0 Å². The smallest absolute Gasteiger partial charge is 0.267 e. The number of nitrogens with zero attached hydrogens (tertiary/aromatic N) is 1. The Labute approximate surface area is 120 Å². The fourth-order valence-electron chi connectivity index (χ4n) is 2.90. The molecule has 2 rings (SSSR count). The highest BCUT2D eigenvalue weighted by atomic mass is 16.1. The van der Waals surface area contributed by atoms with Crippen LogP contribution in [0.4, 0.5) is 0 Å². The number of benzene rings is 1. The number of hydrogen-bond acceptors (Lipinski definition) is 1. The van der Waals surface area contributed by atoms with Crippen molar-refractivity contribution >= 4 is 0 Å². The van der Waals surface area contributed by atoms with Gasteiger partial charge in [-0.3, -0.25) is 14.6 Å². The van der Waals surface area contributed by atoms with E-state index in [1.54, 1.807) is 4.68 Å². The van der Waals surface area contributed by atoms with Gasteiger partial charge in [0, 0.05) is 24.7 Å². The van der Waals surface area contributed by atoms with Crippen molar-refractivity contribution in [3.05, 3.63) is 55.0 Å². The molecular weight excluding hydrogens is 248 g/mol. The van der Waals surface area contributed by atoms with Gasteiger partial charge in [-0.05, 0) is 74.9 Å². The molecule has 108 valence electrons. The Bertz CT molecular complexity index is 703. The average Bonchev–Trinajstić information content (AvgIpc) is 2.65. The third-order valence-electron chi connectivity index (χ3n) is 4.99. The second kappa shape index (κ2) is 4.97. The number of nitrogens with one attached hydrogen (secondary N) is 1. The minimum Gasteiger partial charge on any atom is -0.292 e. The molecule has 0 aliphatic rings. The summed E-state index contributed by atoms with van der Waals surface area (Å²) in [5.41, 5.74) is 9.89. The van der Waals surface area contributed by atoms with Crippen molar-refractivity contribution in [3.63, 3.8) is 0 Å². The van der Waals surface area contributed by atoms with Crippen LogP contribution in [0.15, 0.2) is 4.79 Å². The maximum absolute atomic E-state index is 12.0. The lowest BCUT2D eigenvalue weighted by molar-refractivity contribution is 0.730. The number of rotatable bonds is 2. The molecule has 0 bridgehead atoms. The fraction of sp³-hybridized carbons (Fsp3) is 0.471. The lowest BCUT2D eigenvalue weighted by atomic mass is 9.87. The first-order valence-electron chi connectivity index (χ1n) is 7.06. The molecule has 0 fully saturated rings. The van der Waals surface area contributed by atoms with E-state index >= 15 is 0 Å². The molecule has 0 saturated carbocycles. The zero-order valence-electron chi connectivity index (χ0n) is 13.6. The molecule has 1 aromatic carbocycles. The standard InChI is InChI=1S/C17H24N2O/c1-9-10(2)12(4)15(13(5)11(9)3)8-16-14(6)19(7)18-17(16)20/h8H2,1-7H3,(H,18,20). The third-order valence-corrected chi connectivity index (χ3v) is 4.99. The van der Waals surface area contributed by atoms with Gasteiger partial charge in [0.25, 0.3) is 5.56 Å². The van der Waals surface area contributed by atoms with Crippen LogP contribution in [-0.4, -0.2) is 9.78 Å². The van der Waals surface area contributed by atoms with E-state index in [9.17, 15) is 4.79 Å². The lowest BCUT2D eigenvalue weighted by Crippen LogP contribution is -2.10. The fourth-order valence-corrected chi connectivity index (χ4v) is 2.90. The van der Waals surface area contributed by atoms with Crippen LogP contribution in [0.25, 0.3) is 0 Å². The van der Waals surface area contributed by atoms with Gasteiger partial charge in [-0.1, -0.05) is 0 Å². The number of aryl methyl sites for hydroxylation is 1. The summed E-state index contributed by atoms with van der Waals surface area (Å²) in [5, 5.41) is 2.84. The molecule has 1 N–H and O–H groups in total. The van der Waals surface area contributed by atoms with Crippen LogP contribution in [0, 0.1) is 41.5 Å². The van der Waals surface area contributed by atoms with Crippen LogP contribution in [0.5, 0.6) is 0 Å². The number of aromatic amines is 1. The van der Waals surface area contributed by atoms with Crippen molar-refractivity contribution in [3.8, 4) is 0 Å². The summed E-state index contributed by atoms with van der Waals surface area (Å²) in [5.74, 6) is 0. The van der Waals surface area contributed by atoms with E-state index in [0.29, 0.717) is 6.42 Å². The van der Waals surface area contributed by atoms with Gasteiger partial charge < -0.3 is 0 Å². The number of H-pyrrole nitrogens is 1. The monoisotopic (exact) mass is 272 g/mol. The third kappa shape index (κ3) is 2.11. The van der Waals surface area contributed by atoms with E-state index < -0.39 is 0 Å². The molecule has 3 heteroatoms. The van der Waals surface area contributed by atoms with Crippen LogP contribution in [0.1, 0.15) is 44.6 Å². The molecule has 0 amide bonds. The van der Waals surface area contributed by atoms with Crippen LogP contribution in [0.2, 0.25) is 0 Å². The first-order valence-corrected chi connectivity index (χ1v) is 7.06. The van der Waals surface area contributed by atoms with Crippen molar-refractivity contribution in [2.45, 2.75) is 48.0 Å². The number of aromatic nitrogens is 2. The van der Waals surface area contributed by atoms with E-state index in [2.05, 4.69) is 39.7 Å². The molecule has 3 nitrogen and oxygen atoms in total. The Hall–Kier alpha value is -1.77. The van der Waals surface area contributed by atoms with E-state index in [1.807, 2.05) is 14.0 Å². The van der Waals surface area contributed by atoms with E-state index in [-0.39, 0.29) is 5.56 Å². The van der Waals surface area contributed by atoms with Gasteiger partial charge in [0.1, 0.15) is 0 Å². The van der Waals surface area contributed by atoms with Gasteiger partial charge in [0.15, 0.2) is 0 Å². The predicted octanol–water partition coefficient (Wildman–Crippen LogP) is 3.15. The van der Waals surface area contributed by atoms with Crippen molar-refractivity contribution in [2.75, 3.05) is 0 Å². The Morgan fingerprint density at radius 1 is 0.800 bits per heavy atom. The summed E-state index contributed by atoms with van der Waals surface area (Å²) in [4.78, 5) is 12.0. The van der Waals surface area contributed by atoms with Crippen molar-refractivity contribution in [1.29, 1.82) is 0 Å². The average molecular weight is 272 g/mol. The largest absolute Gasteiger partial charge is 0.292 e. The quantitative estimate of drug-likeness (QED) is 0.896. The first kappa shape index (κ1) is 14.6. The minimum absolute atomic E-state index is 0.0275. The summed E-state index contributed by atoms with van der Waals surface area (Å²) < 4.78 is 1.80. The number of hydrogen-bond donors (Lipinski definition) is 1. The summed E-state index contributed by atoms with van der Waals surface area (Å²) in [6.07, 6.45) is 0.710. The van der Waals surface area contributed by atoms with E-state index in [4.69, 9.17) is 0 Å². The first-order chi connectivity index (χ1) is 9.25. The zero-order valence-corrected chi connectivity index (χ0v) is 13.6. The Morgan fingerprint density at radius 2 is 1.25 bits per heavy atom. The predicted molar refractivity (Wildman–Crippen MR) is 83.7 cm³/mol. The molecule has 0 aliphatic carbocycles. The van der Waals surface area contributed by atoms with Gasteiger partial charge in [-0.25, -0.2) is 0 Å². The Kier molecular flexibility index (Phi) is 3.63. The second-order valence-electron chi connectivity index (χ2n) is 5.84. The molecule has 0 unspecified atom stereocenters. The topological polar surface area (TPSA) is 37.8 Å². The SMILES string of the molecule is Cc1c(C)c(C)c(Cc2c(C)n(C)[nH]c2=O)c(C)c1C. The molecule has 0 radical (unpaired) electrons. The molecular formula is C17H24N2O. The highest BCUT2D eigenvalue weighted by Crippen LogP contribution is 2.27. The lowest BCUT2D eigenvalue weighted by Gasteiger charge is -2.18. The van der Waals surface area contributed by atoms with Gasteiger partial charge in [0.05, 0.1) is 0 Å². The molecule has 1 heterocycles. The van der Waals surface area contributed by atoms with Gasteiger partial charge in [0.2, 0.25) is 0 Å². The summed E-state index contributed by atoms with van der Waals surface area (Å²) in [6.45, 7) is 12.8. The van der Waals surface area contributed by atoms with Crippen molar-refractivity contribution in [2.24, 2.45) is 7.05 Å². The molecule has 0 saturated heterocycles. The highest BCUT2D eigenvalue weighted by Gasteiger charge is 2.16. The Balaban J connectivity index is 2.63. The molecule has 0 spiro atoms. The van der Waals surface area contributed by atoms with Gasteiger partial charge in [-0.2, -0.15) is 0 Å². The summed E-state index contributed by atoms with van der Waals surface area (Å²) in [6, 6.07) is 0. The molecule has 1 aromatic heterocycles. The molecule has 2 aromatic rings. The highest BCUT2D eigenvalue weighted by molar-refractivity contribution is 5.51. The van der Waals surface area contributed by atoms with Crippen LogP contribution in [-0.2, 0) is 13.5 Å². The molecule has 0 atom stereocenters. The van der Waals surface area contributed by atoms with E-state index in [1.165, 1.54) is 33.4 Å². The Morgan fingerprint density at radius 3 is 1.65 bits per heavy atom. The maximum Gasteiger partial charge on any atom is 0.267 e. The molecule has 20 heavy (non-hydrogen) atoms. The molecule has 0 aliphatic heterocycles. The van der Waals surface area contributed by atoms with Crippen LogP contribution < -0.4 is 5.56 Å². The second-order valence-corrected chi connectivity index (χ2v) is 5.84. The normalized spacial score (nSPS) is 11.2. The zero-order chi connectivity index (χ0) is 15.2. The van der Waals surface area contributed by atoms with Crippen molar-refractivity contribution in [1.82, 2.24) is 9.78 Å². The summed E-state index contributed by atoms with van der Waals surface area (Å²) >= 11 is 0. The van der Waals surface area contributed by atoms with E-state index in [0.717, 1.165) is 11.3 Å². The van der Waals surface area contributed by atoms with Gasteiger partial charge in [-0.15, -0.1) is 0 Å². The van der Waals surface area contributed by atoms with Crippen LogP contribution >= 0.6 is 0 Å². The van der Waals surface area contributed by atoms with Crippen LogP contribution in [0.3, 0.4) is 0 Å². The van der Waals surface area contributed by atoms with Crippen molar-refractivity contribution < 1.29 is 0 Å². The maximum atomic E-state index is 12.0.